The number of carbonyl (C=O) groups is 1. The van der Waals surface area contributed by atoms with E-state index in [2.05, 4.69) is 17.2 Å². The number of benzene rings is 1. The fourth-order valence-corrected chi connectivity index (χ4v) is 3.37. The minimum Gasteiger partial charge on any atom is -0.379 e. The molecule has 0 bridgehead atoms. The van der Waals surface area contributed by atoms with Crippen LogP contribution in [0, 0.1) is 16.0 Å². The third kappa shape index (κ3) is 4.26. The van der Waals surface area contributed by atoms with Gasteiger partial charge in [-0.3, -0.25) is 20.3 Å². The molecule has 8 heteroatoms. The molecule has 2 aliphatic heterocycles. The van der Waals surface area contributed by atoms with Gasteiger partial charge in [0.15, 0.2) is 0 Å². The van der Waals surface area contributed by atoms with E-state index in [-0.39, 0.29) is 11.6 Å². The molecule has 1 amide bonds. The monoisotopic (exact) mass is 348 g/mol. The van der Waals surface area contributed by atoms with E-state index in [1.165, 1.54) is 6.07 Å². The van der Waals surface area contributed by atoms with Crippen molar-refractivity contribution in [1.82, 2.24) is 10.4 Å². The molecule has 1 aromatic carbocycles. The molecule has 2 heterocycles. The first-order valence-corrected chi connectivity index (χ1v) is 8.71. The van der Waals surface area contributed by atoms with Crippen LogP contribution in [0.4, 0.5) is 11.4 Å². The molecule has 2 fully saturated rings. The molecular formula is C17H24N4O4. The maximum atomic E-state index is 12.4. The number of morpholine rings is 1. The van der Waals surface area contributed by atoms with Gasteiger partial charge < -0.3 is 9.64 Å². The van der Waals surface area contributed by atoms with Crippen molar-refractivity contribution in [2.24, 2.45) is 5.92 Å². The van der Waals surface area contributed by atoms with Gasteiger partial charge in [0.05, 0.1) is 18.1 Å². The van der Waals surface area contributed by atoms with Crippen LogP contribution >= 0.6 is 0 Å². The summed E-state index contributed by atoms with van der Waals surface area (Å²) in [6.45, 7) is 6.11. The van der Waals surface area contributed by atoms with E-state index in [1.54, 1.807) is 17.1 Å². The maximum absolute atomic E-state index is 12.4. The standard InChI is InChI=1S/C17H24N4O4/c1-13-3-2-6-19(12-13)15-5-4-14(11-16(15)21(23)24)17(22)18-20-7-9-25-10-8-20/h4-5,11,13H,2-3,6-10,12H2,1H3,(H,18,22)/t13-/m0/s1. The third-order valence-electron chi connectivity index (χ3n) is 4.70. The number of hydrogen-bond acceptors (Lipinski definition) is 6. The summed E-state index contributed by atoms with van der Waals surface area (Å²) in [6, 6.07) is 4.74. The average molecular weight is 348 g/mol. The summed E-state index contributed by atoms with van der Waals surface area (Å²) in [5, 5.41) is 13.3. The van der Waals surface area contributed by atoms with E-state index in [4.69, 9.17) is 4.74 Å². The second-order valence-corrected chi connectivity index (χ2v) is 6.69. The molecule has 1 N–H and O–H groups in total. The van der Waals surface area contributed by atoms with E-state index in [1.807, 2.05) is 0 Å². The zero-order valence-corrected chi connectivity index (χ0v) is 14.4. The fourth-order valence-electron chi connectivity index (χ4n) is 3.37. The molecule has 0 radical (unpaired) electrons. The molecule has 1 atom stereocenters. The van der Waals surface area contributed by atoms with E-state index in [0.29, 0.717) is 43.5 Å². The number of ether oxygens (including phenoxy) is 1. The SMILES string of the molecule is C[C@H]1CCCN(c2ccc(C(=O)NN3CCOCC3)cc2[N+](=O)[O-])C1. The van der Waals surface area contributed by atoms with Crippen LogP contribution in [-0.4, -0.2) is 55.2 Å². The predicted molar refractivity (Wildman–Crippen MR) is 93.6 cm³/mol. The third-order valence-corrected chi connectivity index (χ3v) is 4.70. The Morgan fingerprint density at radius 3 is 2.76 bits per heavy atom. The van der Waals surface area contributed by atoms with Gasteiger partial charge in [-0.2, -0.15) is 0 Å². The van der Waals surface area contributed by atoms with Crippen LogP contribution in [0.5, 0.6) is 0 Å². The molecule has 0 unspecified atom stereocenters. The second kappa shape index (κ2) is 7.79. The van der Waals surface area contributed by atoms with Crippen LogP contribution in [0.1, 0.15) is 30.1 Å². The van der Waals surface area contributed by atoms with Crippen molar-refractivity contribution in [2.75, 3.05) is 44.3 Å². The topological polar surface area (TPSA) is 88.0 Å². The van der Waals surface area contributed by atoms with Crippen molar-refractivity contribution >= 4 is 17.3 Å². The number of carbonyl (C=O) groups excluding carboxylic acids is 1. The van der Waals surface area contributed by atoms with Crippen molar-refractivity contribution in [3.8, 4) is 0 Å². The van der Waals surface area contributed by atoms with E-state index < -0.39 is 4.92 Å². The predicted octanol–water partition coefficient (Wildman–Crippen LogP) is 1.81. The summed E-state index contributed by atoms with van der Waals surface area (Å²) >= 11 is 0. The van der Waals surface area contributed by atoms with Crippen molar-refractivity contribution in [2.45, 2.75) is 19.8 Å². The zero-order valence-electron chi connectivity index (χ0n) is 14.4. The van der Waals surface area contributed by atoms with E-state index in [0.717, 1.165) is 25.9 Å². The molecular weight excluding hydrogens is 324 g/mol. The Bertz CT molecular complexity index is 646. The van der Waals surface area contributed by atoms with Gasteiger partial charge in [0, 0.05) is 37.8 Å². The van der Waals surface area contributed by atoms with E-state index in [9.17, 15) is 14.9 Å². The highest BCUT2D eigenvalue weighted by Gasteiger charge is 2.25. The van der Waals surface area contributed by atoms with Gasteiger partial charge >= 0.3 is 0 Å². The summed E-state index contributed by atoms with van der Waals surface area (Å²) in [4.78, 5) is 25.6. The number of amides is 1. The van der Waals surface area contributed by atoms with Crippen LogP contribution in [0.3, 0.4) is 0 Å². The van der Waals surface area contributed by atoms with E-state index >= 15 is 0 Å². The quantitative estimate of drug-likeness (QED) is 0.659. The number of nitrogens with one attached hydrogen (secondary N) is 1. The molecule has 0 spiro atoms. The number of hydrazine groups is 1. The number of nitrogens with zero attached hydrogens (tertiary/aromatic N) is 3. The average Bonchev–Trinajstić information content (AvgIpc) is 2.62. The Morgan fingerprint density at radius 2 is 2.08 bits per heavy atom. The maximum Gasteiger partial charge on any atom is 0.293 e. The van der Waals surface area contributed by atoms with Crippen LogP contribution in [-0.2, 0) is 4.74 Å². The lowest BCUT2D eigenvalue weighted by molar-refractivity contribution is -0.384. The Labute approximate surface area is 146 Å². The smallest absolute Gasteiger partial charge is 0.293 e. The molecule has 8 nitrogen and oxygen atoms in total. The van der Waals surface area contributed by atoms with Crippen LogP contribution < -0.4 is 10.3 Å². The highest BCUT2D eigenvalue weighted by atomic mass is 16.6. The lowest BCUT2D eigenvalue weighted by atomic mass is 9.99. The lowest BCUT2D eigenvalue weighted by Gasteiger charge is -2.32. The molecule has 25 heavy (non-hydrogen) atoms. The lowest BCUT2D eigenvalue weighted by Crippen LogP contribution is -2.48. The molecule has 1 aromatic rings. The Hall–Kier alpha value is -2.19. The number of anilines is 1. The van der Waals surface area contributed by atoms with Gasteiger partial charge in [-0.1, -0.05) is 6.92 Å². The van der Waals surface area contributed by atoms with Gasteiger partial charge in [-0.25, -0.2) is 5.01 Å². The fraction of sp³-hybridized carbons (Fsp3) is 0.588. The summed E-state index contributed by atoms with van der Waals surface area (Å²) < 4.78 is 5.24. The van der Waals surface area contributed by atoms with Crippen LogP contribution in [0.15, 0.2) is 18.2 Å². The largest absolute Gasteiger partial charge is 0.379 e. The van der Waals surface area contributed by atoms with Gasteiger partial charge in [-0.15, -0.1) is 0 Å². The molecule has 2 aliphatic rings. The minimum atomic E-state index is -0.403. The van der Waals surface area contributed by atoms with Gasteiger partial charge in [0.25, 0.3) is 11.6 Å². The van der Waals surface area contributed by atoms with Crippen molar-refractivity contribution in [3.63, 3.8) is 0 Å². The summed E-state index contributed by atoms with van der Waals surface area (Å²) in [6.07, 6.45) is 2.17. The zero-order chi connectivity index (χ0) is 17.8. The number of nitro groups is 1. The number of hydrogen-bond donors (Lipinski definition) is 1. The minimum absolute atomic E-state index is 0.0104. The first-order chi connectivity index (χ1) is 12.0. The molecule has 0 saturated carbocycles. The summed E-state index contributed by atoms with van der Waals surface area (Å²) in [7, 11) is 0. The first-order valence-electron chi connectivity index (χ1n) is 8.71. The normalized spacial score (nSPS) is 21.8. The molecule has 2 saturated heterocycles. The number of rotatable bonds is 4. The molecule has 0 aliphatic carbocycles. The van der Waals surface area contributed by atoms with Gasteiger partial charge in [0.2, 0.25) is 0 Å². The molecule has 0 aromatic heterocycles. The first kappa shape index (κ1) is 17.6. The summed E-state index contributed by atoms with van der Waals surface area (Å²) in [5.74, 6) is 0.182. The number of piperidine rings is 1. The van der Waals surface area contributed by atoms with Crippen LogP contribution in [0.2, 0.25) is 0 Å². The Balaban J connectivity index is 1.78. The molecule has 3 rings (SSSR count). The Kier molecular flexibility index (Phi) is 5.50. The summed E-state index contributed by atoms with van der Waals surface area (Å²) in [5.41, 5.74) is 3.67. The van der Waals surface area contributed by atoms with Crippen LogP contribution in [0.25, 0.3) is 0 Å². The molecule has 136 valence electrons. The van der Waals surface area contributed by atoms with Gasteiger partial charge in [-0.05, 0) is 30.9 Å². The van der Waals surface area contributed by atoms with Crippen molar-refractivity contribution < 1.29 is 14.5 Å². The highest BCUT2D eigenvalue weighted by Crippen LogP contribution is 2.32. The number of nitro benzene ring substituents is 1. The second-order valence-electron chi connectivity index (χ2n) is 6.69. The van der Waals surface area contributed by atoms with Gasteiger partial charge in [0.1, 0.15) is 5.69 Å². The van der Waals surface area contributed by atoms with Crippen molar-refractivity contribution in [3.05, 3.63) is 33.9 Å². The Morgan fingerprint density at radius 1 is 1.32 bits per heavy atom. The highest BCUT2D eigenvalue weighted by molar-refractivity contribution is 5.95. The van der Waals surface area contributed by atoms with Crippen molar-refractivity contribution in [1.29, 1.82) is 0 Å².